The molecule has 0 amide bonds. The van der Waals surface area contributed by atoms with Crippen molar-refractivity contribution in [3.8, 4) is 0 Å². The summed E-state index contributed by atoms with van der Waals surface area (Å²) in [4.78, 5) is 7.20. The van der Waals surface area contributed by atoms with E-state index in [-0.39, 0.29) is 0 Å². The molecule has 0 aliphatic carbocycles. The van der Waals surface area contributed by atoms with Crippen molar-refractivity contribution in [1.82, 2.24) is 15.2 Å². The molecular weight excluding hydrogens is 238 g/mol. The van der Waals surface area contributed by atoms with Gasteiger partial charge in [-0.25, -0.2) is 4.98 Å². The Balaban J connectivity index is 1.89. The molecule has 0 aromatic carbocycles. The van der Waals surface area contributed by atoms with E-state index in [1.54, 1.807) is 0 Å². The highest BCUT2D eigenvalue weighted by Crippen LogP contribution is 2.28. The van der Waals surface area contributed by atoms with Crippen LogP contribution in [0.1, 0.15) is 51.1 Å². The van der Waals surface area contributed by atoms with Crippen LogP contribution in [0.5, 0.6) is 0 Å². The van der Waals surface area contributed by atoms with Crippen LogP contribution in [0.2, 0.25) is 0 Å². The molecule has 0 saturated carbocycles. The highest BCUT2D eigenvalue weighted by atomic mass is 16.3. The van der Waals surface area contributed by atoms with Crippen molar-refractivity contribution in [3.05, 3.63) is 17.8 Å². The van der Waals surface area contributed by atoms with E-state index in [9.17, 15) is 0 Å². The SMILES string of the molecule is CNC(C)Cc1coc(C2CCN(C(C)C)CC2)n1. The van der Waals surface area contributed by atoms with Gasteiger partial charge in [0.1, 0.15) is 6.26 Å². The lowest BCUT2D eigenvalue weighted by Gasteiger charge is -2.33. The number of likely N-dealkylation sites (N-methyl/N-ethyl adjacent to an activating group) is 1. The van der Waals surface area contributed by atoms with Gasteiger partial charge in [0.2, 0.25) is 0 Å². The summed E-state index contributed by atoms with van der Waals surface area (Å²) in [7, 11) is 1.98. The maximum absolute atomic E-state index is 5.69. The van der Waals surface area contributed by atoms with E-state index >= 15 is 0 Å². The maximum atomic E-state index is 5.69. The van der Waals surface area contributed by atoms with Crippen LogP contribution in [0.3, 0.4) is 0 Å². The normalized spacial score (nSPS) is 20.1. The molecule has 19 heavy (non-hydrogen) atoms. The van der Waals surface area contributed by atoms with E-state index in [1.807, 2.05) is 13.3 Å². The van der Waals surface area contributed by atoms with E-state index in [2.05, 4.69) is 36.0 Å². The lowest BCUT2D eigenvalue weighted by Crippen LogP contribution is -2.37. The van der Waals surface area contributed by atoms with Gasteiger partial charge in [-0.05, 0) is 53.8 Å². The zero-order chi connectivity index (χ0) is 13.8. The van der Waals surface area contributed by atoms with Crippen LogP contribution in [-0.4, -0.2) is 42.1 Å². The van der Waals surface area contributed by atoms with Gasteiger partial charge in [-0.3, -0.25) is 0 Å². The number of hydrogen-bond acceptors (Lipinski definition) is 4. The largest absolute Gasteiger partial charge is 0.448 e. The number of hydrogen-bond donors (Lipinski definition) is 1. The smallest absolute Gasteiger partial charge is 0.197 e. The van der Waals surface area contributed by atoms with Crippen LogP contribution in [0.4, 0.5) is 0 Å². The van der Waals surface area contributed by atoms with Crippen LogP contribution >= 0.6 is 0 Å². The fourth-order valence-electron chi connectivity index (χ4n) is 2.68. The molecule has 108 valence electrons. The first-order chi connectivity index (χ1) is 9.10. The second kappa shape index (κ2) is 6.53. The maximum Gasteiger partial charge on any atom is 0.197 e. The molecule has 1 saturated heterocycles. The highest BCUT2D eigenvalue weighted by molar-refractivity contribution is 5.03. The predicted molar refractivity (Wildman–Crippen MR) is 77.4 cm³/mol. The Bertz CT molecular complexity index is 380. The average molecular weight is 265 g/mol. The monoisotopic (exact) mass is 265 g/mol. The first-order valence-electron chi connectivity index (χ1n) is 7.45. The lowest BCUT2D eigenvalue weighted by atomic mass is 9.96. The van der Waals surface area contributed by atoms with Gasteiger partial charge >= 0.3 is 0 Å². The Labute approximate surface area is 116 Å². The number of aromatic nitrogens is 1. The quantitative estimate of drug-likeness (QED) is 0.887. The molecule has 0 spiro atoms. The van der Waals surface area contributed by atoms with E-state index in [1.165, 1.54) is 12.8 Å². The van der Waals surface area contributed by atoms with Crippen molar-refractivity contribution < 1.29 is 4.42 Å². The Morgan fingerprint density at radius 2 is 2.05 bits per heavy atom. The number of nitrogens with one attached hydrogen (secondary N) is 1. The fraction of sp³-hybridized carbons (Fsp3) is 0.800. The van der Waals surface area contributed by atoms with Crippen molar-refractivity contribution in [2.75, 3.05) is 20.1 Å². The van der Waals surface area contributed by atoms with Crippen molar-refractivity contribution >= 4 is 0 Å². The first kappa shape index (κ1) is 14.5. The van der Waals surface area contributed by atoms with Crippen LogP contribution in [0.15, 0.2) is 10.7 Å². The number of piperidine rings is 1. The van der Waals surface area contributed by atoms with E-state index < -0.39 is 0 Å². The van der Waals surface area contributed by atoms with Gasteiger partial charge in [-0.2, -0.15) is 0 Å². The molecule has 0 radical (unpaired) electrons. The molecule has 1 aromatic heterocycles. The number of likely N-dealkylation sites (tertiary alicyclic amines) is 1. The average Bonchev–Trinajstić information content (AvgIpc) is 2.87. The molecule has 2 heterocycles. The van der Waals surface area contributed by atoms with Crippen LogP contribution in [0, 0.1) is 0 Å². The molecule has 1 aromatic rings. The Kier molecular flexibility index (Phi) is 4.99. The van der Waals surface area contributed by atoms with Crippen LogP contribution in [-0.2, 0) is 6.42 Å². The fourth-order valence-corrected chi connectivity index (χ4v) is 2.68. The number of rotatable bonds is 5. The van der Waals surface area contributed by atoms with Gasteiger partial charge in [0.25, 0.3) is 0 Å². The summed E-state index contributed by atoms with van der Waals surface area (Å²) in [5, 5.41) is 3.23. The van der Waals surface area contributed by atoms with Crippen molar-refractivity contribution in [2.24, 2.45) is 0 Å². The van der Waals surface area contributed by atoms with Gasteiger partial charge in [0.15, 0.2) is 5.89 Å². The summed E-state index contributed by atoms with van der Waals surface area (Å²) < 4.78 is 5.69. The minimum Gasteiger partial charge on any atom is -0.448 e. The standard InChI is InChI=1S/C15H27N3O/c1-11(2)18-7-5-13(6-8-18)15-17-14(10-19-15)9-12(3)16-4/h10-13,16H,5-9H2,1-4H3. The minimum atomic E-state index is 0.445. The minimum absolute atomic E-state index is 0.445. The molecule has 1 fully saturated rings. The molecule has 1 atom stereocenters. The molecule has 4 nitrogen and oxygen atoms in total. The predicted octanol–water partition coefficient (Wildman–Crippen LogP) is 2.41. The van der Waals surface area contributed by atoms with E-state index in [0.717, 1.165) is 31.1 Å². The summed E-state index contributed by atoms with van der Waals surface area (Å²) in [6.07, 6.45) is 5.10. The zero-order valence-electron chi connectivity index (χ0n) is 12.6. The summed E-state index contributed by atoms with van der Waals surface area (Å²) >= 11 is 0. The number of oxazole rings is 1. The van der Waals surface area contributed by atoms with E-state index in [0.29, 0.717) is 18.0 Å². The van der Waals surface area contributed by atoms with Crippen LogP contribution < -0.4 is 5.32 Å². The van der Waals surface area contributed by atoms with Crippen molar-refractivity contribution in [1.29, 1.82) is 0 Å². The third kappa shape index (κ3) is 3.80. The molecule has 1 aliphatic rings. The topological polar surface area (TPSA) is 41.3 Å². The molecule has 0 bridgehead atoms. The molecule has 1 N–H and O–H groups in total. The van der Waals surface area contributed by atoms with Gasteiger partial charge in [0.05, 0.1) is 5.69 Å². The molecular formula is C15H27N3O. The Morgan fingerprint density at radius 1 is 1.37 bits per heavy atom. The highest BCUT2D eigenvalue weighted by Gasteiger charge is 2.25. The third-order valence-corrected chi connectivity index (χ3v) is 4.19. The second-order valence-electron chi connectivity index (χ2n) is 5.97. The van der Waals surface area contributed by atoms with E-state index in [4.69, 9.17) is 4.42 Å². The van der Waals surface area contributed by atoms with Gasteiger partial charge in [0, 0.05) is 24.4 Å². The molecule has 2 rings (SSSR count). The number of nitrogens with zero attached hydrogens (tertiary/aromatic N) is 2. The summed E-state index contributed by atoms with van der Waals surface area (Å²) in [5.41, 5.74) is 1.07. The first-order valence-corrected chi connectivity index (χ1v) is 7.45. The Hall–Kier alpha value is -0.870. The zero-order valence-corrected chi connectivity index (χ0v) is 12.6. The van der Waals surface area contributed by atoms with Gasteiger partial charge in [-0.15, -0.1) is 0 Å². The van der Waals surface area contributed by atoms with Gasteiger partial charge < -0.3 is 14.6 Å². The Morgan fingerprint density at radius 3 is 2.63 bits per heavy atom. The summed E-state index contributed by atoms with van der Waals surface area (Å²) in [6.45, 7) is 9.01. The van der Waals surface area contributed by atoms with Gasteiger partial charge in [-0.1, -0.05) is 0 Å². The molecule has 1 aliphatic heterocycles. The summed E-state index contributed by atoms with van der Waals surface area (Å²) in [6, 6.07) is 1.10. The lowest BCUT2D eigenvalue weighted by molar-refractivity contribution is 0.163. The van der Waals surface area contributed by atoms with Crippen LogP contribution in [0.25, 0.3) is 0 Å². The third-order valence-electron chi connectivity index (χ3n) is 4.19. The summed E-state index contributed by atoms with van der Waals surface area (Å²) in [5.74, 6) is 1.45. The second-order valence-corrected chi connectivity index (χ2v) is 5.97. The van der Waals surface area contributed by atoms with Crippen molar-refractivity contribution in [2.45, 2.75) is 58.0 Å². The molecule has 1 unspecified atom stereocenters. The van der Waals surface area contributed by atoms with Crippen molar-refractivity contribution in [3.63, 3.8) is 0 Å². The molecule has 4 heteroatoms.